The summed E-state index contributed by atoms with van der Waals surface area (Å²) in [4.78, 5) is 38.4. The highest BCUT2D eigenvalue weighted by Crippen LogP contribution is 2.17. The number of unbranched alkanes of at least 4 members (excludes halogenated alkanes) is 36. The minimum Gasteiger partial charge on any atom is -0.462 e. The molecule has 0 aliphatic heterocycles. The van der Waals surface area contributed by atoms with Crippen LogP contribution in [0, 0.1) is 0 Å². The second kappa shape index (κ2) is 63.4. The zero-order chi connectivity index (χ0) is 54.3. The van der Waals surface area contributed by atoms with Crippen LogP contribution in [0.15, 0.2) is 72.9 Å². The Hall–Kier alpha value is -3.15. The van der Waals surface area contributed by atoms with Crippen molar-refractivity contribution in [3.05, 3.63) is 72.9 Å². The first-order valence-corrected chi connectivity index (χ1v) is 32.4. The van der Waals surface area contributed by atoms with Gasteiger partial charge in [-0.25, -0.2) is 0 Å². The summed E-state index contributed by atoms with van der Waals surface area (Å²) in [7, 11) is 0. The van der Waals surface area contributed by atoms with E-state index in [0.717, 1.165) is 96.3 Å². The molecule has 0 amide bonds. The molecule has 0 aliphatic rings. The van der Waals surface area contributed by atoms with E-state index in [0.29, 0.717) is 19.3 Å². The van der Waals surface area contributed by atoms with Gasteiger partial charge in [0.25, 0.3) is 0 Å². The molecule has 0 rings (SSSR count). The van der Waals surface area contributed by atoms with E-state index in [1.165, 1.54) is 193 Å². The van der Waals surface area contributed by atoms with E-state index in [2.05, 4.69) is 93.7 Å². The van der Waals surface area contributed by atoms with Gasteiger partial charge in [-0.15, -0.1) is 0 Å². The van der Waals surface area contributed by atoms with Gasteiger partial charge in [-0.3, -0.25) is 14.4 Å². The van der Waals surface area contributed by atoms with Gasteiger partial charge in [-0.05, 0) is 89.9 Å². The molecule has 0 spiro atoms. The average molecular weight is 1050 g/mol. The lowest BCUT2D eigenvalue weighted by Gasteiger charge is -2.18. The van der Waals surface area contributed by atoms with Gasteiger partial charge in [-0.2, -0.15) is 0 Å². The number of rotatable bonds is 59. The van der Waals surface area contributed by atoms with Gasteiger partial charge >= 0.3 is 17.9 Å². The van der Waals surface area contributed by atoms with E-state index in [4.69, 9.17) is 14.2 Å². The minimum absolute atomic E-state index is 0.0773. The first-order chi connectivity index (χ1) is 37.0. The monoisotopic (exact) mass is 1050 g/mol. The molecular formula is C69H122O6. The summed E-state index contributed by atoms with van der Waals surface area (Å²) in [6.07, 6.45) is 81.8. The van der Waals surface area contributed by atoms with Crippen molar-refractivity contribution in [3.63, 3.8) is 0 Å². The van der Waals surface area contributed by atoms with Crippen molar-refractivity contribution in [2.24, 2.45) is 0 Å². The van der Waals surface area contributed by atoms with Crippen molar-refractivity contribution >= 4 is 17.9 Å². The van der Waals surface area contributed by atoms with Gasteiger partial charge < -0.3 is 14.2 Å². The molecular weight excluding hydrogens is 925 g/mol. The molecule has 6 nitrogen and oxygen atoms in total. The number of esters is 3. The summed E-state index contributed by atoms with van der Waals surface area (Å²) < 4.78 is 16.9. The maximum absolute atomic E-state index is 12.9. The van der Waals surface area contributed by atoms with Crippen molar-refractivity contribution in [3.8, 4) is 0 Å². The van der Waals surface area contributed by atoms with Crippen molar-refractivity contribution in [2.75, 3.05) is 13.2 Å². The maximum Gasteiger partial charge on any atom is 0.306 e. The fraction of sp³-hybridized carbons (Fsp3) is 0.783. The maximum atomic E-state index is 12.9. The molecule has 0 aliphatic carbocycles. The van der Waals surface area contributed by atoms with Crippen molar-refractivity contribution in [1.82, 2.24) is 0 Å². The molecule has 0 bridgehead atoms. The molecule has 6 heteroatoms. The highest BCUT2D eigenvalue weighted by Gasteiger charge is 2.19. The van der Waals surface area contributed by atoms with Crippen LogP contribution in [-0.4, -0.2) is 37.2 Å². The Morgan fingerprint density at radius 2 is 0.520 bits per heavy atom. The third kappa shape index (κ3) is 61.6. The summed E-state index contributed by atoms with van der Waals surface area (Å²) in [5, 5.41) is 0. The molecule has 1 atom stereocenters. The van der Waals surface area contributed by atoms with Gasteiger partial charge in [-0.1, -0.05) is 293 Å². The molecule has 0 heterocycles. The zero-order valence-corrected chi connectivity index (χ0v) is 49.8. The number of allylic oxidation sites excluding steroid dienone is 12. The van der Waals surface area contributed by atoms with Crippen LogP contribution >= 0.6 is 0 Å². The fourth-order valence-electron chi connectivity index (χ4n) is 9.35. The van der Waals surface area contributed by atoms with Gasteiger partial charge in [0, 0.05) is 19.3 Å². The molecule has 434 valence electrons. The highest BCUT2D eigenvalue weighted by molar-refractivity contribution is 5.71. The van der Waals surface area contributed by atoms with Crippen LogP contribution < -0.4 is 0 Å². The second-order valence-corrected chi connectivity index (χ2v) is 21.6. The largest absolute Gasteiger partial charge is 0.462 e. The Labute approximate surface area is 465 Å². The predicted octanol–water partition coefficient (Wildman–Crippen LogP) is 22.1. The van der Waals surface area contributed by atoms with E-state index in [9.17, 15) is 14.4 Å². The summed E-state index contributed by atoms with van der Waals surface area (Å²) in [5.74, 6) is -0.875. The molecule has 0 fully saturated rings. The number of carbonyl (C=O) groups excluding carboxylic acids is 3. The fourth-order valence-corrected chi connectivity index (χ4v) is 9.35. The summed E-state index contributed by atoms with van der Waals surface area (Å²) >= 11 is 0. The lowest BCUT2D eigenvalue weighted by atomic mass is 10.0. The van der Waals surface area contributed by atoms with Crippen molar-refractivity contribution in [2.45, 2.75) is 335 Å². The normalized spacial score (nSPS) is 12.5. The Kier molecular flexibility index (Phi) is 60.7. The predicted molar refractivity (Wildman–Crippen MR) is 325 cm³/mol. The standard InChI is InChI=1S/C69H122O6/c1-4-7-10-13-16-19-22-25-28-31-33-34-35-36-37-39-41-44-47-50-53-56-59-62-68(71)74-65-66(64-73-67(70)61-58-55-52-49-46-43-40-30-27-24-21-18-15-12-9-6-3)75-69(72)63-60-57-54-51-48-45-42-38-32-29-26-23-20-17-14-11-8-5-2/h7,10,16,19,25,28-29,32-34,36-37,66H,4-6,8-9,11-15,17-18,20-24,26-27,30-31,35,38-65H2,1-3H3/b10-7-,19-16-,28-25-,32-29-,34-33-,37-36-. The summed E-state index contributed by atoms with van der Waals surface area (Å²) in [6, 6.07) is 0. The number of carbonyl (C=O) groups is 3. The molecule has 0 saturated carbocycles. The molecule has 0 aromatic rings. The Bertz CT molecular complexity index is 1390. The molecule has 0 N–H and O–H groups in total. The first-order valence-electron chi connectivity index (χ1n) is 32.4. The smallest absolute Gasteiger partial charge is 0.306 e. The van der Waals surface area contributed by atoms with Crippen LogP contribution in [0.2, 0.25) is 0 Å². The molecule has 0 aromatic heterocycles. The van der Waals surface area contributed by atoms with Crippen LogP contribution in [0.3, 0.4) is 0 Å². The Balaban J connectivity index is 4.37. The molecule has 75 heavy (non-hydrogen) atoms. The average Bonchev–Trinajstić information content (AvgIpc) is 3.41. The minimum atomic E-state index is -0.782. The Morgan fingerprint density at radius 3 is 0.827 bits per heavy atom. The third-order valence-corrected chi connectivity index (χ3v) is 14.2. The van der Waals surface area contributed by atoms with Crippen LogP contribution in [0.25, 0.3) is 0 Å². The van der Waals surface area contributed by atoms with Gasteiger partial charge in [0.05, 0.1) is 0 Å². The SMILES string of the molecule is CC/C=C\C/C=C\C/C=C\C/C=C\C/C=C\CCCCCCCCCC(=O)OCC(COC(=O)CCCCCCCCCCCCCCCCCC)OC(=O)CCCCCCCCC/C=C\CCCCCCCCC. The lowest BCUT2D eigenvalue weighted by Crippen LogP contribution is -2.30. The molecule has 0 saturated heterocycles. The quantitative estimate of drug-likeness (QED) is 0.0261. The first kappa shape index (κ1) is 71.8. The number of ether oxygens (including phenoxy) is 3. The highest BCUT2D eigenvalue weighted by atomic mass is 16.6. The van der Waals surface area contributed by atoms with Crippen LogP contribution in [0.5, 0.6) is 0 Å². The van der Waals surface area contributed by atoms with Crippen LogP contribution in [-0.2, 0) is 28.6 Å². The lowest BCUT2D eigenvalue weighted by molar-refractivity contribution is -0.167. The van der Waals surface area contributed by atoms with Gasteiger partial charge in [0.1, 0.15) is 13.2 Å². The number of hydrogen-bond donors (Lipinski definition) is 0. The van der Waals surface area contributed by atoms with E-state index in [1.54, 1.807) is 0 Å². The van der Waals surface area contributed by atoms with Gasteiger partial charge in [0.15, 0.2) is 6.10 Å². The second-order valence-electron chi connectivity index (χ2n) is 21.6. The van der Waals surface area contributed by atoms with E-state index < -0.39 is 6.10 Å². The van der Waals surface area contributed by atoms with E-state index in [1.807, 2.05) is 0 Å². The molecule has 1 unspecified atom stereocenters. The van der Waals surface area contributed by atoms with Crippen LogP contribution in [0.4, 0.5) is 0 Å². The third-order valence-electron chi connectivity index (χ3n) is 14.2. The number of hydrogen-bond acceptors (Lipinski definition) is 6. The van der Waals surface area contributed by atoms with Crippen LogP contribution in [0.1, 0.15) is 329 Å². The molecule has 0 radical (unpaired) electrons. The van der Waals surface area contributed by atoms with Crippen molar-refractivity contribution < 1.29 is 28.6 Å². The van der Waals surface area contributed by atoms with Crippen molar-refractivity contribution in [1.29, 1.82) is 0 Å². The van der Waals surface area contributed by atoms with E-state index in [-0.39, 0.29) is 31.1 Å². The zero-order valence-electron chi connectivity index (χ0n) is 49.8. The topological polar surface area (TPSA) is 78.9 Å². The summed E-state index contributed by atoms with van der Waals surface area (Å²) in [5.41, 5.74) is 0. The Morgan fingerprint density at radius 1 is 0.280 bits per heavy atom. The van der Waals surface area contributed by atoms with Gasteiger partial charge in [0.2, 0.25) is 0 Å². The molecule has 0 aromatic carbocycles. The summed E-state index contributed by atoms with van der Waals surface area (Å²) in [6.45, 7) is 6.56. The van der Waals surface area contributed by atoms with E-state index >= 15 is 0 Å².